The predicted octanol–water partition coefficient (Wildman–Crippen LogP) is 5.06. The summed E-state index contributed by atoms with van der Waals surface area (Å²) in [7, 11) is 0. The van der Waals surface area contributed by atoms with Gasteiger partial charge in [-0.2, -0.15) is 0 Å². The number of nitrogens with one attached hydrogen (secondary N) is 2. The van der Waals surface area contributed by atoms with Crippen molar-refractivity contribution in [3.63, 3.8) is 0 Å². The lowest BCUT2D eigenvalue weighted by Gasteiger charge is -2.12. The van der Waals surface area contributed by atoms with Crippen molar-refractivity contribution in [2.75, 3.05) is 10.6 Å². The van der Waals surface area contributed by atoms with Gasteiger partial charge >= 0.3 is 6.03 Å². The Hall–Kier alpha value is -4.34. The molecule has 160 valence electrons. The highest BCUT2D eigenvalue weighted by atomic mass is 19.2. The Bertz CT molecular complexity index is 1380. The van der Waals surface area contributed by atoms with E-state index in [0.29, 0.717) is 17.1 Å². The van der Waals surface area contributed by atoms with Gasteiger partial charge in [0.2, 0.25) is 0 Å². The topological polar surface area (TPSA) is 84.0 Å². The third-order valence-electron chi connectivity index (χ3n) is 4.45. The molecular weight excluding hydrogens is 428 g/mol. The summed E-state index contributed by atoms with van der Waals surface area (Å²) in [5.74, 6) is -6.50. The molecule has 0 aliphatic rings. The van der Waals surface area contributed by atoms with E-state index in [1.807, 2.05) is 5.32 Å². The number of urea groups is 1. The molecule has 4 aromatic rings. The largest absolute Gasteiger partial charge is 0.323 e. The maximum absolute atomic E-state index is 15.0. The standard InChI is InChI=1S/C22H12F4N4O2/c23-12-2-1-3-13(9-12)29-22(32)30-17-10-14(24)19(25)18(20(17)26)21(31)11-4-5-15-16(8-11)28-7-6-27-15/h1-10H,(H2,29,30,32). The lowest BCUT2D eigenvalue weighted by atomic mass is 10.0. The Kier molecular flexibility index (Phi) is 5.50. The van der Waals surface area contributed by atoms with Crippen LogP contribution in [0.5, 0.6) is 0 Å². The number of benzene rings is 3. The third-order valence-corrected chi connectivity index (χ3v) is 4.45. The number of hydrogen-bond donors (Lipinski definition) is 2. The highest BCUT2D eigenvalue weighted by Crippen LogP contribution is 2.27. The first-order valence-electron chi connectivity index (χ1n) is 9.10. The van der Waals surface area contributed by atoms with Gasteiger partial charge in [0.05, 0.1) is 22.3 Å². The van der Waals surface area contributed by atoms with Gasteiger partial charge in [0.25, 0.3) is 0 Å². The summed E-state index contributed by atoms with van der Waals surface area (Å²) in [6.45, 7) is 0. The summed E-state index contributed by atoms with van der Waals surface area (Å²) in [5, 5.41) is 4.21. The molecule has 0 saturated carbocycles. The Morgan fingerprint density at radius 3 is 2.28 bits per heavy atom. The number of rotatable bonds is 4. The van der Waals surface area contributed by atoms with E-state index in [1.54, 1.807) is 0 Å². The normalized spacial score (nSPS) is 10.8. The first-order valence-corrected chi connectivity index (χ1v) is 9.10. The number of carbonyl (C=O) groups is 2. The molecule has 0 fully saturated rings. The summed E-state index contributed by atoms with van der Waals surface area (Å²) in [6, 6.07) is 8.14. The average Bonchev–Trinajstić information content (AvgIpc) is 2.77. The molecule has 1 heterocycles. The second kappa shape index (κ2) is 8.42. The SMILES string of the molecule is O=C(Nc1cccc(F)c1)Nc1cc(F)c(F)c(C(=O)c2ccc3nccnc3c2)c1F. The van der Waals surface area contributed by atoms with Gasteiger partial charge in [-0.3, -0.25) is 14.8 Å². The van der Waals surface area contributed by atoms with Gasteiger partial charge in [0.1, 0.15) is 5.82 Å². The average molecular weight is 440 g/mol. The number of ketones is 1. The van der Waals surface area contributed by atoms with E-state index in [9.17, 15) is 27.2 Å². The van der Waals surface area contributed by atoms with Crippen molar-refractivity contribution >= 4 is 34.2 Å². The number of hydrogen-bond acceptors (Lipinski definition) is 4. The first-order chi connectivity index (χ1) is 15.3. The smallest absolute Gasteiger partial charge is 0.308 e. The molecular formula is C22H12F4N4O2. The van der Waals surface area contributed by atoms with Crippen LogP contribution in [0.2, 0.25) is 0 Å². The number of carbonyl (C=O) groups excluding carboxylic acids is 2. The van der Waals surface area contributed by atoms with Crippen LogP contribution in [0.15, 0.2) is 60.9 Å². The summed E-state index contributed by atoms with van der Waals surface area (Å²) >= 11 is 0. The Morgan fingerprint density at radius 2 is 1.53 bits per heavy atom. The first kappa shape index (κ1) is 20.9. The molecule has 10 heteroatoms. The summed E-state index contributed by atoms with van der Waals surface area (Å²) in [5.41, 5.74) is -1.34. The lowest BCUT2D eigenvalue weighted by molar-refractivity contribution is 0.103. The molecule has 0 radical (unpaired) electrons. The van der Waals surface area contributed by atoms with E-state index in [-0.39, 0.29) is 11.3 Å². The predicted molar refractivity (Wildman–Crippen MR) is 108 cm³/mol. The summed E-state index contributed by atoms with van der Waals surface area (Å²) in [6.07, 6.45) is 2.81. The van der Waals surface area contributed by atoms with Crippen molar-refractivity contribution in [1.82, 2.24) is 9.97 Å². The number of amides is 2. The van der Waals surface area contributed by atoms with E-state index in [2.05, 4.69) is 15.3 Å². The van der Waals surface area contributed by atoms with Gasteiger partial charge in [-0.25, -0.2) is 22.4 Å². The Morgan fingerprint density at radius 1 is 0.781 bits per heavy atom. The summed E-state index contributed by atoms with van der Waals surface area (Å²) < 4.78 is 56.7. The van der Waals surface area contributed by atoms with Gasteiger partial charge in [-0.15, -0.1) is 0 Å². The molecule has 3 aromatic carbocycles. The monoisotopic (exact) mass is 440 g/mol. The lowest BCUT2D eigenvalue weighted by Crippen LogP contribution is -2.22. The van der Waals surface area contributed by atoms with E-state index in [4.69, 9.17) is 0 Å². The maximum atomic E-state index is 15.0. The van der Waals surface area contributed by atoms with E-state index >= 15 is 0 Å². The van der Waals surface area contributed by atoms with Gasteiger partial charge in [-0.05, 0) is 36.4 Å². The van der Waals surface area contributed by atoms with Gasteiger partial charge in [0, 0.05) is 29.7 Å². The van der Waals surface area contributed by atoms with Crippen LogP contribution in [-0.2, 0) is 0 Å². The van der Waals surface area contributed by atoms with Crippen LogP contribution in [0.4, 0.5) is 33.7 Å². The number of aromatic nitrogens is 2. The van der Waals surface area contributed by atoms with Gasteiger partial charge < -0.3 is 10.6 Å². The van der Waals surface area contributed by atoms with Crippen molar-refractivity contribution in [2.45, 2.75) is 0 Å². The molecule has 0 atom stereocenters. The molecule has 0 bridgehead atoms. The van der Waals surface area contributed by atoms with Crippen LogP contribution in [-0.4, -0.2) is 21.8 Å². The minimum Gasteiger partial charge on any atom is -0.308 e. The third kappa shape index (κ3) is 4.10. The molecule has 4 rings (SSSR count). The molecule has 0 aliphatic heterocycles. The molecule has 2 N–H and O–H groups in total. The molecule has 2 amide bonds. The van der Waals surface area contributed by atoms with E-state index in [0.717, 1.165) is 12.1 Å². The minimum absolute atomic E-state index is 0.0408. The fourth-order valence-electron chi connectivity index (χ4n) is 2.99. The van der Waals surface area contributed by atoms with E-state index in [1.165, 1.54) is 42.7 Å². The van der Waals surface area contributed by atoms with Crippen molar-refractivity contribution in [3.05, 3.63) is 95.3 Å². The van der Waals surface area contributed by atoms with Gasteiger partial charge in [-0.1, -0.05) is 6.07 Å². The number of fused-ring (bicyclic) bond motifs is 1. The van der Waals surface area contributed by atoms with Crippen molar-refractivity contribution in [2.24, 2.45) is 0 Å². The van der Waals surface area contributed by atoms with Crippen molar-refractivity contribution < 1.29 is 27.2 Å². The highest BCUT2D eigenvalue weighted by Gasteiger charge is 2.26. The zero-order chi connectivity index (χ0) is 22.8. The molecule has 32 heavy (non-hydrogen) atoms. The van der Waals surface area contributed by atoms with Crippen molar-refractivity contribution in [3.8, 4) is 0 Å². The fraction of sp³-hybridized carbons (Fsp3) is 0. The second-order valence-electron chi connectivity index (χ2n) is 6.59. The summed E-state index contributed by atoms with van der Waals surface area (Å²) in [4.78, 5) is 32.9. The molecule has 0 spiro atoms. The molecule has 0 aliphatic carbocycles. The van der Waals surface area contributed by atoms with Gasteiger partial charge in [0.15, 0.2) is 23.2 Å². The molecule has 0 unspecified atom stereocenters. The number of halogens is 4. The Labute approximate surface area is 177 Å². The maximum Gasteiger partial charge on any atom is 0.323 e. The fourth-order valence-corrected chi connectivity index (χ4v) is 2.99. The molecule has 1 aromatic heterocycles. The van der Waals surface area contributed by atoms with Crippen LogP contribution in [0.3, 0.4) is 0 Å². The van der Waals surface area contributed by atoms with Crippen LogP contribution in [0.1, 0.15) is 15.9 Å². The molecule has 0 saturated heterocycles. The zero-order valence-corrected chi connectivity index (χ0v) is 16.0. The Balaban J connectivity index is 1.66. The number of nitrogens with zero attached hydrogens (tertiary/aromatic N) is 2. The van der Waals surface area contributed by atoms with Crippen LogP contribution < -0.4 is 10.6 Å². The quantitative estimate of drug-likeness (QED) is 0.264. The van der Waals surface area contributed by atoms with Crippen LogP contribution >= 0.6 is 0 Å². The van der Waals surface area contributed by atoms with E-state index < -0.39 is 46.3 Å². The van der Waals surface area contributed by atoms with Crippen molar-refractivity contribution in [1.29, 1.82) is 0 Å². The second-order valence-corrected chi connectivity index (χ2v) is 6.59. The highest BCUT2D eigenvalue weighted by molar-refractivity contribution is 6.11. The number of anilines is 2. The van der Waals surface area contributed by atoms with Crippen LogP contribution in [0.25, 0.3) is 11.0 Å². The minimum atomic E-state index is -1.71. The molecule has 6 nitrogen and oxygen atoms in total. The van der Waals surface area contributed by atoms with Crippen LogP contribution in [0, 0.1) is 23.3 Å². The zero-order valence-electron chi connectivity index (χ0n) is 16.0.